The highest BCUT2D eigenvalue weighted by molar-refractivity contribution is 5.15. The van der Waals surface area contributed by atoms with Gasteiger partial charge >= 0.3 is 0 Å². The van der Waals surface area contributed by atoms with Crippen molar-refractivity contribution in [2.24, 2.45) is 0 Å². The van der Waals surface area contributed by atoms with E-state index in [1.807, 2.05) is 133 Å². The smallest absolute Gasteiger partial charge is 0.123 e. The summed E-state index contributed by atoms with van der Waals surface area (Å²) in [6.45, 7) is 32.1. The molecule has 0 aromatic heterocycles. The van der Waals surface area contributed by atoms with Crippen LogP contribution in [0.3, 0.4) is 0 Å². The Morgan fingerprint density at radius 1 is 0.635 bits per heavy atom. The number of aliphatic hydroxyl groups is 1. The third kappa shape index (κ3) is 151. The average molecular weight is 1050 g/mol. The Morgan fingerprint density at radius 3 is 1.24 bits per heavy atom. The van der Waals surface area contributed by atoms with Gasteiger partial charge in [0.15, 0.2) is 0 Å². The van der Waals surface area contributed by atoms with E-state index in [-0.39, 0.29) is 12.4 Å². The molecule has 0 fully saturated rings. The molecule has 0 unspecified atom stereocenters. The number of halogens is 1. The van der Waals surface area contributed by atoms with Crippen LogP contribution in [0.5, 0.6) is 0 Å². The molecule has 2 aromatic carbocycles. The number of hydrogen-bond acceptors (Lipinski definition) is 14. The highest BCUT2D eigenvalue weighted by atomic mass is 19.1. The van der Waals surface area contributed by atoms with E-state index in [1.165, 1.54) is 23.3 Å². The quantitative estimate of drug-likeness (QED) is 0.0376. The Morgan fingerprint density at radius 2 is 1.08 bits per heavy atom. The molecule has 440 valence electrons. The minimum atomic E-state index is -0.181. The SMILES string of the molecule is C#CCNC.C/C=C/CNC.C=CCN(C)C.C=CCNC.CCN(C)C.CCN(C)CC.CN(C)C.CNCC=C(C)C.CNCCO.CNCCOC.CNCc1ccc(F)cc1.CNCc1ccccc1. The zero-order valence-corrected chi connectivity index (χ0v) is 52.5. The van der Waals surface area contributed by atoms with Gasteiger partial charge in [0.1, 0.15) is 5.82 Å². The minimum Gasteiger partial charge on any atom is -0.395 e. The van der Waals surface area contributed by atoms with Crippen LogP contribution in [-0.4, -0.2) is 223 Å². The second kappa shape index (κ2) is 95.1. The number of allylic oxidation sites excluding steroid dienone is 2. The summed E-state index contributed by atoms with van der Waals surface area (Å²) in [6, 6.07) is 16.8. The summed E-state index contributed by atoms with van der Waals surface area (Å²) in [5.74, 6) is 2.23. The molecule has 0 aliphatic carbocycles. The lowest BCUT2D eigenvalue weighted by Crippen LogP contribution is -2.15. The van der Waals surface area contributed by atoms with E-state index in [1.54, 1.807) is 26.3 Å². The van der Waals surface area contributed by atoms with Crippen LogP contribution in [0.15, 0.2) is 104 Å². The van der Waals surface area contributed by atoms with Crippen molar-refractivity contribution in [3.8, 4) is 12.3 Å². The van der Waals surface area contributed by atoms with Gasteiger partial charge in [-0.05, 0) is 176 Å². The van der Waals surface area contributed by atoms with Crippen molar-refractivity contribution >= 4 is 0 Å². The fourth-order valence-corrected chi connectivity index (χ4v) is 3.19. The fraction of sp³-hybridized carbons (Fsp3) is 0.627. The van der Waals surface area contributed by atoms with Gasteiger partial charge in [0.05, 0.1) is 19.8 Å². The molecular formula is C59H125FN12O2. The second-order valence-electron chi connectivity index (χ2n) is 16.4. The number of terminal acetylenes is 1. The van der Waals surface area contributed by atoms with Crippen LogP contribution in [0, 0.1) is 18.2 Å². The molecule has 74 heavy (non-hydrogen) atoms. The molecule has 0 aliphatic rings. The molecule has 0 heterocycles. The van der Waals surface area contributed by atoms with Crippen LogP contribution in [0.4, 0.5) is 4.39 Å². The molecular weight excluding hydrogens is 928 g/mol. The van der Waals surface area contributed by atoms with Crippen LogP contribution in [0.25, 0.3) is 0 Å². The van der Waals surface area contributed by atoms with Gasteiger partial charge < -0.3 is 72.0 Å². The third-order valence-electron chi connectivity index (χ3n) is 7.54. The highest BCUT2D eigenvalue weighted by Gasteiger charge is 1.90. The molecule has 0 radical (unpaired) electrons. The number of nitrogens with one attached hydrogen (secondary N) is 8. The summed E-state index contributed by atoms with van der Waals surface area (Å²) in [6.07, 6.45) is 14.8. The maximum atomic E-state index is 12.3. The summed E-state index contributed by atoms with van der Waals surface area (Å²) in [4.78, 5) is 8.44. The molecule has 0 aliphatic heterocycles. The van der Waals surface area contributed by atoms with Crippen molar-refractivity contribution in [1.82, 2.24) is 62.1 Å². The number of ether oxygens (including phenoxy) is 1. The summed E-state index contributed by atoms with van der Waals surface area (Å²) >= 11 is 0. The van der Waals surface area contributed by atoms with E-state index in [9.17, 15) is 4.39 Å². The summed E-state index contributed by atoms with van der Waals surface area (Å²) in [5, 5.41) is 31.5. The number of methoxy groups -OCH3 is 1. The molecule has 0 saturated heterocycles. The molecule has 15 heteroatoms. The summed E-state index contributed by atoms with van der Waals surface area (Å²) in [7, 11) is 33.0. The number of nitrogens with zero attached hydrogens (tertiary/aromatic N) is 4. The van der Waals surface area contributed by atoms with Crippen molar-refractivity contribution < 1.29 is 14.2 Å². The predicted molar refractivity (Wildman–Crippen MR) is 336 cm³/mol. The number of hydrogen-bond donors (Lipinski definition) is 9. The summed E-state index contributed by atoms with van der Waals surface area (Å²) < 4.78 is 17.0. The van der Waals surface area contributed by atoms with Crippen molar-refractivity contribution in [3.63, 3.8) is 0 Å². The lowest BCUT2D eigenvalue weighted by molar-refractivity contribution is 0.201. The predicted octanol–water partition coefficient (Wildman–Crippen LogP) is 6.62. The first-order chi connectivity index (χ1) is 35.2. The Kier molecular flexibility index (Phi) is 119. The van der Waals surface area contributed by atoms with Gasteiger partial charge in [-0.1, -0.05) is 105 Å². The molecule has 14 nitrogen and oxygen atoms in total. The monoisotopic (exact) mass is 1050 g/mol. The highest BCUT2D eigenvalue weighted by Crippen LogP contribution is 2.01. The van der Waals surface area contributed by atoms with Gasteiger partial charge in [-0.3, -0.25) is 0 Å². The largest absolute Gasteiger partial charge is 0.395 e. The Labute approximate surface area is 460 Å². The summed E-state index contributed by atoms with van der Waals surface area (Å²) in [5.41, 5.74) is 3.80. The van der Waals surface area contributed by atoms with Crippen LogP contribution in [0.2, 0.25) is 0 Å². The minimum absolute atomic E-state index is 0.181. The number of benzene rings is 2. The first kappa shape index (κ1) is 92.9. The first-order valence-corrected chi connectivity index (χ1v) is 25.7. The first-order valence-electron chi connectivity index (χ1n) is 25.7. The molecule has 0 amide bonds. The lowest BCUT2D eigenvalue weighted by Gasteiger charge is -2.07. The topological polar surface area (TPSA) is 139 Å². The van der Waals surface area contributed by atoms with Gasteiger partial charge in [0.2, 0.25) is 0 Å². The van der Waals surface area contributed by atoms with Crippen molar-refractivity contribution in [2.75, 3.05) is 199 Å². The van der Waals surface area contributed by atoms with Crippen LogP contribution in [0.1, 0.15) is 52.7 Å². The maximum Gasteiger partial charge on any atom is 0.123 e. The van der Waals surface area contributed by atoms with Gasteiger partial charge in [0.25, 0.3) is 0 Å². The normalized spacial score (nSPS) is 9.03. The van der Waals surface area contributed by atoms with Gasteiger partial charge in [-0.25, -0.2) is 4.39 Å². The number of aliphatic hydroxyl groups excluding tert-OH is 1. The molecule has 2 aromatic rings. The number of rotatable bonds is 21. The van der Waals surface area contributed by atoms with E-state index in [2.05, 4.69) is 156 Å². The van der Waals surface area contributed by atoms with E-state index >= 15 is 0 Å². The van der Waals surface area contributed by atoms with E-state index < -0.39 is 0 Å². The van der Waals surface area contributed by atoms with Crippen LogP contribution >= 0.6 is 0 Å². The second-order valence-corrected chi connectivity index (χ2v) is 16.4. The van der Waals surface area contributed by atoms with E-state index in [0.717, 1.165) is 77.6 Å². The van der Waals surface area contributed by atoms with Gasteiger partial charge in [-0.15, -0.1) is 19.6 Å². The molecule has 9 N–H and O–H groups in total. The maximum absolute atomic E-state index is 12.3. The number of likely N-dealkylation sites (N-methyl/N-ethyl adjacent to an activating group) is 6. The van der Waals surface area contributed by atoms with Crippen molar-refractivity contribution in [1.29, 1.82) is 0 Å². The molecule has 0 spiro atoms. The van der Waals surface area contributed by atoms with E-state index in [4.69, 9.17) is 16.3 Å². The van der Waals surface area contributed by atoms with Gasteiger partial charge in [-0.2, -0.15) is 0 Å². The van der Waals surface area contributed by atoms with Crippen LogP contribution < -0.4 is 42.5 Å². The molecule has 0 bridgehead atoms. The third-order valence-corrected chi connectivity index (χ3v) is 7.54. The zero-order valence-electron chi connectivity index (χ0n) is 52.5. The van der Waals surface area contributed by atoms with Gasteiger partial charge in [0, 0.05) is 59.5 Å². The van der Waals surface area contributed by atoms with E-state index in [0.29, 0.717) is 13.1 Å². The Hall–Kier alpha value is -3.67. The van der Waals surface area contributed by atoms with Crippen LogP contribution in [-0.2, 0) is 17.8 Å². The standard InChI is InChI=1S/C8H10FN.C8H11N.C6H13N.C5H11N.C5H13N.C5H11N.C4H11NO.C4H11N.C4H9N.C4H7N.C3H9NO.C3H9N/c1-10-6-7-2-4-8(9)5-3-7;1-9-7-8-5-3-2-4-6-8;1-6(2)4-5-7-3;1-4-5-6(2)3;1-4-6(3)5-2;1-3-4-5-6-2;1-5-3-4-6-2;1-4-5(2)3;2*1-3-4-5-2;1-4-2-3-5;1-4(2)3/h2-5,10H,6H2,1H3;2-6,9H,7H2,1H3;4,7H,5H2,1-3H3;4H,1,5H2,2-3H3;4-5H2,1-3H3;3-4,6H,5H2,1-2H3;5H,3-4H2,1-2H3;4H2,1-3H3;3,5H,1,4H2,2H3;1,5H,4H2,2H3;4-5H,2-3H2,1H3;1-3H3/b;;;;;4-3+;;;;;;. The lowest BCUT2D eigenvalue weighted by atomic mass is 10.2. The molecule has 2 rings (SSSR count). The molecule has 0 saturated carbocycles. The Balaban J connectivity index is -0.0000000762. The fourth-order valence-electron chi connectivity index (χ4n) is 3.19. The van der Waals surface area contributed by atoms with Crippen molar-refractivity contribution in [3.05, 3.63) is 121 Å². The molecule has 0 atom stereocenters. The Bertz CT molecular complexity index is 1300. The van der Waals surface area contributed by atoms with Crippen molar-refractivity contribution in [2.45, 2.75) is 54.6 Å². The zero-order chi connectivity index (χ0) is 59.5. The average Bonchev–Trinajstić information content (AvgIpc) is 3.38.